The van der Waals surface area contributed by atoms with Crippen molar-refractivity contribution in [1.82, 2.24) is 4.90 Å². The third kappa shape index (κ3) is 4.42. The number of piperidine rings is 1. The van der Waals surface area contributed by atoms with E-state index in [-0.39, 0.29) is 11.5 Å². The van der Waals surface area contributed by atoms with E-state index in [0.29, 0.717) is 31.8 Å². The number of carboxylic acids is 1. The molecule has 0 bridgehead atoms. The quantitative estimate of drug-likeness (QED) is 0.624. The number of likely N-dealkylation sites (tertiary alicyclic amines) is 1. The number of amides is 1. The van der Waals surface area contributed by atoms with E-state index in [4.69, 9.17) is 5.11 Å². The SMILES string of the molecule is Cc1cccc(C(C)C)c1N/C=C(/C#N)C(=O)N1CCC(C(=O)O)CC1. The zero-order valence-corrected chi connectivity index (χ0v) is 15.5. The van der Waals surface area contributed by atoms with Crippen LogP contribution in [-0.2, 0) is 9.59 Å². The van der Waals surface area contributed by atoms with E-state index in [1.807, 2.05) is 31.2 Å². The average Bonchev–Trinajstić information content (AvgIpc) is 2.62. The average molecular weight is 355 g/mol. The number of aryl methyl sites for hydroxylation is 1. The number of carbonyl (C=O) groups excluding carboxylic acids is 1. The van der Waals surface area contributed by atoms with Gasteiger partial charge in [-0.3, -0.25) is 9.59 Å². The molecule has 0 saturated carbocycles. The normalized spacial score (nSPS) is 15.7. The van der Waals surface area contributed by atoms with Gasteiger partial charge in [0, 0.05) is 25.0 Å². The Hall–Kier alpha value is -2.81. The molecule has 1 aromatic rings. The molecule has 0 aromatic heterocycles. The number of hydrogen-bond acceptors (Lipinski definition) is 4. The number of aliphatic carboxylic acids is 1. The molecular formula is C20H25N3O3. The second kappa shape index (κ2) is 8.52. The Morgan fingerprint density at radius 2 is 2.00 bits per heavy atom. The van der Waals surface area contributed by atoms with Gasteiger partial charge >= 0.3 is 5.97 Å². The number of nitriles is 1. The molecule has 0 atom stereocenters. The number of benzene rings is 1. The summed E-state index contributed by atoms with van der Waals surface area (Å²) in [5.41, 5.74) is 3.09. The van der Waals surface area contributed by atoms with E-state index in [0.717, 1.165) is 16.8 Å². The van der Waals surface area contributed by atoms with Crippen molar-refractivity contribution < 1.29 is 14.7 Å². The van der Waals surface area contributed by atoms with E-state index < -0.39 is 11.9 Å². The van der Waals surface area contributed by atoms with Crippen molar-refractivity contribution in [3.63, 3.8) is 0 Å². The van der Waals surface area contributed by atoms with Crippen molar-refractivity contribution in [1.29, 1.82) is 5.26 Å². The number of anilines is 1. The third-order valence-electron chi connectivity index (χ3n) is 4.77. The largest absolute Gasteiger partial charge is 0.481 e. The molecule has 138 valence electrons. The summed E-state index contributed by atoms with van der Waals surface area (Å²) in [6, 6.07) is 7.96. The molecule has 2 N–H and O–H groups in total. The maximum atomic E-state index is 12.6. The summed E-state index contributed by atoms with van der Waals surface area (Å²) in [4.78, 5) is 25.2. The standard InChI is InChI=1S/C20H25N3O3/c1-13(2)17-6-4-5-14(3)18(17)22-12-16(11-21)19(24)23-9-7-15(8-10-23)20(25)26/h4-6,12-13,15,22H,7-10H2,1-3H3,(H,25,26)/b16-12-. The Bertz CT molecular complexity index is 754. The van der Waals surface area contributed by atoms with Gasteiger partial charge in [0.15, 0.2) is 0 Å². The predicted molar refractivity (Wildman–Crippen MR) is 99.5 cm³/mol. The van der Waals surface area contributed by atoms with Crippen LogP contribution in [0.15, 0.2) is 30.0 Å². The number of para-hydroxylation sites is 1. The van der Waals surface area contributed by atoms with E-state index in [1.165, 1.54) is 6.20 Å². The first kappa shape index (κ1) is 19.5. The van der Waals surface area contributed by atoms with Crippen LogP contribution in [0.4, 0.5) is 5.69 Å². The lowest BCUT2D eigenvalue weighted by atomic mass is 9.96. The summed E-state index contributed by atoms with van der Waals surface area (Å²) < 4.78 is 0. The summed E-state index contributed by atoms with van der Waals surface area (Å²) >= 11 is 0. The molecule has 26 heavy (non-hydrogen) atoms. The van der Waals surface area contributed by atoms with Crippen molar-refractivity contribution in [2.75, 3.05) is 18.4 Å². The number of nitrogens with one attached hydrogen (secondary N) is 1. The molecule has 6 nitrogen and oxygen atoms in total. The van der Waals surface area contributed by atoms with Gasteiger partial charge in [-0.25, -0.2) is 0 Å². The summed E-state index contributed by atoms with van der Waals surface area (Å²) in [5.74, 6) is -1.28. The van der Waals surface area contributed by atoms with Crippen LogP contribution < -0.4 is 5.32 Å². The third-order valence-corrected chi connectivity index (χ3v) is 4.77. The van der Waals surface area contributed by atoms with E-state index in [1.54, 1.807) is 4.90 Å². The maximum Gasteiger partial charge on any atom is 0.306 e. The zero-order chi connectivity index (χ0) is 19.3. The second-order valence-electron chi connectivity index (χ2n) is 6.91. The van der Waals surface area contributed by atoms with E-state index >= 15 is 0 Å². The lowest BCUT2D eigenvalue weighted by molar-refractivity contribution is -0.145. The van der Waals surface area contributed by atoms with Crippen LogP contribution in [0.25, 0.3) is 0 Å². The molecule has 1 saturated heterocycles. The highest BCUT2D eigenvalue weighted by atomic mass is 16.4. The van der Waals surface area contributed by atoms with Gasteiger partial charge in [0.2, 0.25) is 0 Å². The van der Waals surface area contributed by atoms with Gasteiger partial charge in [0.1, 0.15) is 11.6 Å². The van der Waals surface area contributed by atoms with Gasteiger partial charge in [-0.1, -0.05) is 32.0 Å². The topological polar surface area (TPSA) is 93.4 Å². The monoisotopic (exact) mass is 355 g/mol. The molecule has 1 amide bonds. The van der Waals surface area contributed by atoms with Gasteiger partial charge in [-0.05, 0) is 36.8 Å². The fraction of sp³-hybridized carbons (Fsp3) is 0.450. The first-order valence-electron chi connectivity index (χ1n) is 8.83. The highest BCUT2D eigenvalue weighted by molar-refractivity contribution is 5.97. The fourth-order valence-corrected chi connectivity index (χ4v) is 3.15. The first-order chi connectivity index (χ1) is 12.3. The summed E-state index contributed by atoms with van der Waals surface area (Å²) in [6.45, 7) is 6.87. The lowest BCUT2D eigenvalue weighted by Crippen LogP contribution is -2.40. The van der Waals surface area contributed by atoms with Gasteiger partial charge in [0.25, 0.3) is 5.91 Å². The molecule has 6 heteroatoms. The molecule has 0 unspecified atom stereocenters. The second-order valence-corrected chi connectivity index (χ2v) is 6.91. The van der Waals surface area contributed by atoms with Gasteiger partial charge < -0.3 is 15.3 Å². The van der Waals surface area contributed by atoms with Crippen molar-refractivity contribution >= 4 is 17.6 Å². The molecule has 1 aliphatic heterocycles. The Morgan fingerprint density at radius 1 is 1.35 bits per heavy atom. The predicted octanol–water partition coefficient (Wildman–Crippen LogP) is 3.26. The van der Waals surface area contributed by atoms with Crippen molar-refractivity contribution in [3.8, 4) is 6.07 Å². The summed E-state index contributed by atoms with van der Waals surface area (Å²) in [5, 5.41) is 21.6. The van der Waals surface area contributed by atoms with Crippen molar-refractivity contribution in [2.24, 2.45) is 5.92 Å². The minimum atomic E-state index is -0.824. The van der Waals surface area contributed by atoms with Crippen LogP contribution in [0, 0.1) is 24.2 Å². The van der Waals surface area contributed by atoms with Crippen LogP contribution in [0.3, 0.4) is 0 Å². The molecule has 1 fully saturated rings. The lowest BCUT2D eigenvalue weighted by Gasteiger charge is -2.29. The van der Waals surface area contributed by atoms with Crippen LogP contribution in [0.2, 0.25) is 0 Å². The highest BCUT2D eigenvalue weighted by Gasteiger charge is 2.28. The molecule has 0 aliphatic carbocycles. The Labute approximate surface area is 154 Å². The number of carboxylic acid groups (broad SMARTS) is 1. The minimum Gasteiger partial charge on any atom is -0.481 e. The molecule has 1 aromatic carbocycles. The summed E-state index contributed by atoms with van der Waals surface area (Å²) in [7, 11) is 0. The molecule has 1 heterocycles. The Kier molecular flexibility index (Phi) is 6.40. The van der Waals surface area contributed by atoms with Crippen LogP contribution in [0.5, 0.6) is 0 Å². The first-order valence-corrected chi connectivity index (χ1v) is 8.83. The number of rotatable bonds is 5. The van der Waals surface area contributed by atoms with Crippen LogP contribution >= 0.6 is 0 Å². The van der Waals surface area contributed by atoms with E-state index in [9.17, 15) is 14.9 Å². The van der Waals surface area contributed by atoms with Crippen molar-refractivity contribution in [3.05, 3.63) is 41.1 Å². The van der Waals surface area contributed by atoms with Gasteiger partial charge in [0.05, 0.1) is 5.92 Å². The Morgan fingerprint density at radius 3 is 2.54 bits per heavy atom. The minimum absolute atomic E-state index is 0.0248. The fourth-order valence-electron chi connectivity index (χ4n) is 3.15. The number of hydrogen-bond donors (Lipinski definition) is 2. The van der Waals surface area contributed by atoms with E-state index in [2.05, 4.69) is 19.2 Å². The van der Waals surface area contributed by atoms with Crippen molar-refractivity contribution in [2.45, 2.75) is 39.5 Å². The smallest absolute Gasteiger partial charge is 0.306 e. The molecule has 0 radical (unpaired) electrons. The maximum absolute atomic E-state index is 12.6. The molecule has 0 spiro atoms. The van der Waals surface area contributed by atoms with Crippen LogP contribution in [0.1, 0.15) is 43.7 Å². The number of carbonyl (C=O) groups is 2. The van der Waals surface area contributed by atoms with Crippen LogP contribution in [-0.4, -0.2) is 35.0 Å². The molecule has 2 rings (SSSR count). The molecular weight excluding hydrogens is 330 g/mol. The van der Waals surface area contributed by atoms with Gasteiger partial charge in [-0.2, -0.15) is 5.26 Å². The molecule has 1 aliphatic rings. The number of nitrogens with zero attached hydrogens (tertiary/aromatic N) is 2. The Balaban J connectivity index is 2.13. The zero-order valence-electron chi connectivity index (χ0n) is 15.5. The van der Waals surface area contributed by atoms with Gasteiger partial charge in [-0.15, -0.1) is 0 Å². The summed E-state index contributed by atoms with van der Waals surface area (Å²) in [6.07, 6.45) is 2.30. The highest BCUT2D eigenvalue weighted by Crippen LogP contribution is 2.27.